The summed E-state index contributed by atoms with van der Waals surface area (Å²) in [4.78, 5) is 43.7. The minimum absolute atomic E-state index is 0.0979. The summed E-state index contributed by atoms with van der Waals surface area (Å²) in [6, 6.07) is 13.7. The molecule has 9 nitrogen and oxygen atoms in total. The summed E-state index contributed by atoms with van der Waals surface area (Å²) in [7, 11) is 2.22. The fraction of sp³-hybridized carbons (Fsp3) is 0.444. The summed E-state index contributed by atoms with van der Waals surface area (Å²) in [5, 5.41) is 4.72. The van der Waals surface area contributed by atoms with Gasteiger partial charge in [0.1, 0.15) is 5.65 Å². The van der Waals surface area contributed by atoms with E-state index in [4.69, 9.17) is 21.6 Å². The number of nitrogens with one attached hydrogen (secondary N) is 1. The number of aryl methyl sites for hydroxylation is 2. The number of carbonyl (C=O) groups is 1. The lowest BCUT2D eigenvalue weighted by Crippen LogP contribution is -2.43. The summed E-state index contributed by atoms with van der Waals surface area (Å²) in [6.07, 6.45) is 3.83. The predicted octanol–water partition coefficient (Wildman–Crippen LogP) is 6.04. The lowest BCUT2D eigenvalue weighted by molar-refractivity contribution is -0.132. The molecular formula is C36H42ClN7O2. The van der Waals surface area contributed by atoms with Crippen molar-refractivity contribution in [3.05, 3.63) is 75.2 Å². The SMILES string of the molecule is CCC(=O)N1CCC[C@H](n2c(=O)c(-c3ccccc3Cl)c(C)c3cnc(Nc4ccc(N5CC6CN(C)CC6C5)c(C)c4)nc32)C1. The second-order valence-electron chi connectivity index (χ2n) is 13.3. The fourth-order valence-corrected chi connectivity index (χ4v) is 8.20. The molecule has 0 spiro atoms. The van der Waals surface area contributed by atoms with E-state index in [9.17, 15) is 9.59 Å². The number of fused-ring (bicyclic) bond motifs is 2. The highest BCUT2D eigenvalue weighted by atomic mass is 35.5. The van der Waals surface area contributed by atoms with E-state index in [0.717, 1.165) is 54.4 Å². The third kappa shape index (κ3) is 5.53. The number of aromatic nitrogens is 3. The van der Waals surface area contributed by atoms with Crippen molar-refractivity contribution < 1.29 is 4.79 Å². The average molecular weight is 640 g/mol. The van der Waals surface area contributed by atoms with Gasteiger partial charge in [0.15, 0.2) is 0 Å². The zero-order valence-corrected chi connectivity index (χ0v) is 27.8. The maximum absolute atomic E-state index is 14.5. The Hall–Kier alpha value is -3.95. The van der Waals surface area contributed by atoms with E-state index in [0.29, 0.717) is 47.3 Å². The van der Waals surface area contributed by atoms with Crippen molar-refractivity contribution in [3.8, 4) is 11.1 Å². The number of pyridine rings is 1. The zero-order chi connectivity index (χ0) is 32.1. The summed E-state index contributed by atoms with van der Waals surface area (Å²) < 4.78 is 1.79. The maximum Gasteiger partial charge on any atom is 0.260 e. The normalized spacial score (nSPS) is 21.6. The van der Waals surface area contributed by atoms with Crippen LogP contribution in [0.1, 0.15) is 43.4 Å². The molecule has 3 fully saturated rings. The summed E-state index contributed by atoms with van der Waals surface area (Å²) >= 11 is 6.64. The Morgan fingerprint density at radius 2 is 1.80 bits per heavy atom. The molecule has 3 atom stereocenters. The molecule has 4 aromatic rings. The largest absolute Gasteiger partial charge is 0.371 e. The second-order valence-corrected chi connectivity index (χ2v) is 13.8. The van der Waals surface area contributed by atoms with Crippen LogP contribution in [0, 0.1) is 25.7 Å². The van der Waals surface area contributed by atoms with Crippen LogP contribution in [0.5, 0.6) is 0 Å². The van der Waals surface area contributed by atoms with Crippen LogP contribution in [-0.2, 0) is 4.79 Å². The number of nitrogens with zero attached hydrogens (tertiary/aromatic N) is 6. The molecule has 5 heterocycles. The number of halogens is 1. The van der Waals surface area contributed by atoms with Crippen LogP contribution in [0.25, 0.3) is 22.2 Å². The number of hydrogen-bond acceptors (Lipinski definition) is 7. The van der Waals surface area contributed by atoms with Gasteiger partial charge in [0.05, 0.1) is 11.6 Å². The molecule has 3 aliphatic rings. The van der Waals surface area contributed by atoms with Crippen LogP contribution < -0.4 is 15.8 Å². The molecule has 0 aliphatic carbocycles. The number of anilines is 3. The fourth-order valence-electron chi connectivity index (χ4n) is 7.97. The monoisotopic (exact) mass is 639 g/mol. The molecule has 2 aromatic heterocycles. The van der Waals surface area contributed by atoms with Gasteiger partial charge in [-0.2, -0.15) is 4.98 Å². The minimum atomic E-state index is -0.217. The Balaban J connectivity index is 1.26. The molecule has 1 amide bonds. The Bertz CT molecular complexity index is 1860. The maximum atomic E-state index is 14.5. The van der Waals surface area contributed by atoms with Gasteiger partial charge < -0.3 is 20.0 Å². The summed E-state index contributed by atoms with van der Waals surface area (Å²) in [5.41, 5.74) is 5.82. The van der Waals surface area contributed by atoms with Gasteiger partial charge in [0.2, 0.25) is 11.9 Å². The highest BCUT2D eigenvalue weighted by molar-refractivity contribution is 6.33. The van der Waals surface area contributed by atoms with Gasteiger partial charge in [-0.3, -0.25) is 14.2 Å². The van der Waals surface area contributed by atoms with Crippen LogP contribution in [0.4, 0.5) is 17.3 Å². The number of piperidine rings is 1. The number of amides is 1. The van der Waals surface area contributed by atoms with Gasteiger partial charge in [-0.15, -0.1) is 0 Å². The predicted molar refractivity (Wildman–Crippen MR) is 185 cm³/mol. The van der Waals surface area contributed by atoms with Gasteiger partial charge in [-0.05, 0) is 81.0 Å². The molecule has 7 rings (SSSR count). The summed E-state index contributed by atoms with van der Waals surface area (Å²) in [5.74, 6) is 2.00. The first-order valence-electron chi connectivity index (χ1n) is 16.5. The number of benzene rings is 2. The van der Waals surface area contributed by atoms with Crippen molar-refractivity contribution in [2.24, 2.45) is 11.8 Å². The molecule has 2 aromatic carbocycles. The van der Waals surface area contributed by atoms with Crippen molar-refractivity contribution in [1.29, 1.82) is 0 Å². The van der Waals surface area contributed by atoms with Crippen molar-refractivity contribution in [1.82, 2.24) is 24.3 Å². The van der Waals surface area contributed by atoms with E-state index in [2.05, 4.69) is 47.3 Å². The highest BCUT2D eigenvalue weighted by Crippen LogP contribution is 2.36. The highest BCUT2D eigenvalue weighted by Gasteiger charge is 2.39. The topological polar surface area (TPSA) is 86.6 Å². The first-order valence-corrected chi connectivity index (χ1v) is 16.8. The molecule has 0 saturated carbocycles. The van der Waals surface area contributed by atoms with Crippen LogP contribution in [0.3, 0.4) is 0 Å². The number of hydrogen-bond donors (Lipinski definition) is 1. The van der Waals surface area contributed by atoms with Crippen LogP contribution >= 0.6 is 11.6 Å². The second kappa shape index (κ2) is 12.3. The molecule has 3 aliphatic heterocycles. The molecular weight excluding hydrogens is 598 g/mol. The van der Waals surface area contributed by atoms with Crippen molar-refractivity contribution in [2.45, 2.75) is 46.1 Å². The third-order valence-electron chi connectivity index (χ3n) is 10.2. The lowest BCUT2D eigenvalue weighted by atomic mass is 9.98. The van der Waals surface area contributed by atoms with E-state index in [-0.39, 0.29) is 17.5 Å². The number of rotatable bonds is 6. The first kappa shape index (κ1) is 30.7. The van der Waals surface area contributed by atoms with E-state index < -0.39 is 0 Å². The first-order chi connectivity index (χ1) is 22.2. The van der Waals surface area contributed by atoms with Crippen molar-refractivity contribution >= 4 is 45.9 Å². The van der Waals surface area contributed by atoms with Crippen LogP contribution in [-0.4, -0.2) is 76.6 Å². The molecule has 0 bridgehead atoms. The van der Waals surface area contributed by atoms with Crippen LogP contribution in [0.15, 0.2) is 53.5 Å². The van der Waals surface area contributed by atoms with Gasteiger partial charge in [-0.25, -0.2) is 4.98 Å². The van der Waals surface area contributed by atoms with E-state index in [1.165, 1.54) is 24.3 Å². The summed E-state index contributed by atoms with van der Waals surface area (Å²) in [6.45, 7) is 11.7. The molecule has 240 valence electrons. The van der Waals surface area contributed by atoms with Gasteiger partial charge in [0.25, 0.3) is 5.56 Å². The van der Waals surface area contributed by atoms with Crippen molar-refractivity contribution in [2.75, 3.05) is 56.5 Å². The van der Waals surface area contributed by atoms with Gasteiger partial charge >= 0.3 is 0 Å². The number of likely N-dealkylation sites (tertiary alicyclic amines) is 2. The minimum Gasteiger partial charge on any atom is -0.371 e. The van der Waals surface area contributed by atoms with Crippen LogP contribution in [0.2, 0.25) is 5.02 Å². The van der Waals surface area contributed by atoms with E-state index in [1.807, 2.05) is 36.9 Å². The Morgan fingerprint density at radius 1 is 1.04 bits per heavy atom. The molecule has 2 unspecified atom stereocenters. The van der Waals surface area contributed by atoms with Crippen molar-refractivity contribution in [3.63, 3.8) is 0 Å². The smallest absolute Gasteiger partial charge is 0.260 e. The third-order valence-corrected chi connectivity index (χ3v) is 10.6. The quantitative estimate of drug-likeness (QED) is 0.275. The Morgan fingerprint density at radius 3 is 2.52 bits per heavy atom. The van der Waals surface area contributed by atoms with E-state index >= 15 is 0 Å². The molecule has 0 radical (unpaired) electrons. The van der Waals surface area contributed by atoms with Gasteiger partial charge in [-0.1, -0.05) is 36.7 Å². The van der Waals surface area contributed by atoms with E-state index in [1.54, 1.807) is 16.8 Å². The molecule has 46 heavy (non-hydrogen) atoms. The molecule has 3 saturated heterocycles. The average Bonchev–Trinajstić information content (AvgIpc) is 3.59. The standard InChI is InChI=1S/C36H42ClN7O2/c1-5-32(45)42-14-8-9-27(21-42)44-34-29(23(3)33(35(44)46)28-10-6-7-11-30(28)37)16-38-36(40-34)39-26-12-13-31(22(2)15-26)43-19-24-17-41(4)18-25(24)20-43/h6-7,10-13,15-16,24-25,27H,5,8-9,14,17-21H2,1-4H3,(H,38,39,40)/t24?,25?,27-/m0/s1. The Labute approximate surface area is 275 Å². The Kier molecular flexibility index (Phi) is 8.23. The molecule has 1 N–H and O–H groups in total. The zero-order valence-electron chi connectivity index (χ0n) is 27.1. The molecule has 10 heteroatoms. The lowest BCUT2D eigenvalue weighted by Gasteiger charge is -2.34. The number of carbonyl (C=O) groups excluding carboxylic acids is 1. The van der Waals surface area contributed by atoms with Gasteiger partial charge in [0, 0.05) is 79.2 Å².